The molecule has 8 nitrogen and oxygen atoms in total. The summed E-state index contributed by atoms with van der Waals surface area (Å²) >= 11 is 0. The van der Waals surface area contributed by atoms with Crippen molar-refractivity contribution in [1.82, 2.24) is 10.2 Å². The second-order valence-electron chi connectivity index (χ2n) is 4.45. The van der Waals surface area contributed by atoms with Gasteiger partial charge in [-0.15, -0.1) is 0 Å². The normalized spacial score (nSPS) is 37.4. The number of guanidine groups is 1. The number of aliphatic imine (C=N–C) groups is 2. The Kier molecular flexibility index (Phi) is 2.79. The summed E-state index contributed by atoms with van der Waals surface area (Å²) in [5.41, 5.74) is 0. The van der Waals surface area contributed by atoms with Crippen molar-refractivity contribution in [3.63, 3.8) is 0 Å². The zero-order valence-electron chi connectivity index (χ0n) is 9.78. The van der Waals surface area contributed by atoms with Crippen LogP contribution < -0.4 is 5.32 Å². The van der Waals surface area contributed by atoms with Crippen LogP contribution in [0, 0.1) is 5.41 Å². The van der Waals surface area contributed by atoms with Crippen LogP contribution in [0.15, 0.2) is 9.98 Å². The molecular weight excluding hydrogens is 257 g/mol. The van der Waals surface area contributed by atoms with Crippen LogP contribution in [0.4, 0.5) is 4.39 Å². The van der Waals surface area contributed by atoms with Crippen LogP contribution in [0.3, 0.4) is 0 Å². The summed E-state index contributed by atoms with van der Waals surface area (Å²) in [5, 5.41) is 18.6. The van der Waals surface area contributed by atoms with Gasteiger partial charge in [-0.25, -0.2) is 4.39 Å². The minimum atomic E-state index is -1.28. The Balaban J connectivity index is 1.82. The lowest BCUT2D eigenvalue weighted by Crippen LogP contribution is -2.50. The fraction of sp³-hybridized carbons (Fsp3) is 0.600. The van der Waals surface area contributed by atoms with E-state index in [2.05, 4.69) is 15.3 Å². The summed E-state index contributed by atoms with van der Waals surface area (Å²) < 4.78 is 18.9. The van der Waals surface area contributed by atoms with E-state index in [1.54, 1.807) is 0 Å². The third-order valence-corrected chi connectivity index (χ3v) is 3.22. The first-order valence-corrected chi connectivity index (χ1v) is 5.80. The molecule has 1 saturated heterocycles. The molecule has 3 heterocycles. The number of hydrogen-bond donors (Lipinski definition) is 3. The number of ether oxygens (including phenoxy) is 1. The van der Waals surface area contributed by atoms with E-state index < -0.39 is 37.1 Å². The lowest BCUT2D eigenvalue weighted by Gasteiger charge is -2.26. The molecule has 0 spiro atoms. The molecule has 0 radical (unpaired) electrons. The number of rotatable bonds is 2. The van der Waals surface area contributed by atoms with Crippen LogP contribution in [0.2, 0.25) is 0 Å². The first kappa shape index (κ1) is 12.2. The van der Waals surface area contributed by atoms with Crippen LogP contribution in [0.5, 0.6) is 0 Å². The highest BCUT2D eigenvalue weighted by molar-refractivity contribution is 6.23. The monoisotopic (exact) mass is 269 g/mol. The molecule has 0 aromatic heterocycles. The number of nitrogens with zero attached hydrogens (tertiary/aromatic N) is 3. The topological polar surface area (TPSA) is 110 Å². The number of aliphatic hydroxyl groups is 1. The predicted octanol–water partition coefficient (Wildman–Crippen LogP) is -1.39. The Morgan fingerprint density at radius 3 is 3.16 bits per heavy atom. The Labute approximate surface area is 107 Å². The first-order chi connectivity index (χ1) is 9.10. The van der Waals surface area contributed by atoms with Crippen molar-refractivity contribution in [2.75, 3.05) is 6.61 Å². The smallest absolute Gasteiger partial charge is 0.259 e. The Hall–Kier alpha value is -1.87. The maximum absolute atomic E-state index is 13.6. The van der Waals surface area contributed by atoms with Gasteiger partial charge in [-0.2, -0.15) is 4.99 Å². The molecule has 102 valence electrons. The molecule has 3 N–H and O–H groups in total. The highest BCUT2D eigenvalue weighted by Gasteiger charge is 2.44. The van der Waals surface area contributed by atoms with Crippen LogP contribution >= 0.6 is 0 Å². The van der Waals surface area contributed by atoms with Crippen molar-refractivity contribution in [2.45, 2.75) is 31.0 Å². The number of alkyl halides is 1. The van der Waals surface area contributed by atoms with E-state index in [4.69, 9.17) is 15.3 Å². The van der Waals surface area contributed by atoms with E-state index in [9.17, 15) is 9.18 Å². The van der Waals surface area contributed by atoms with Gasteiger partial charge in [0.2, 0.25) is 5.96 Å². The SMILES string of the molecule is N=C1N=C2C(N=CN2[C@H]2C[C@H](F)[C@@H](CO)O2)C(=O)N1. The summed E-state index contributed by atoms with van der Waals surface area (Å²) in [4.78, 5) is 20.9. The van der Waals surface area contributed by atoms with Crippen molar-refractivity contribution < 1.29 is 19.0 Å². The van der Waals surface area contributed by atoms with Gasteiger partial charge in [0.1, 0.15) is 18.5 Å². The van der Waals surface area contributed by atoms with Crippen molar-refractivity contribution in [3.8, 4) is 0 Å². The number of amides is 1. The molecule has 1 unspecified atom stereocenters. The number of nitrogens with one attached hydrogen (secondary N) is 2. The van der Waals surface area contributed by atoms with Crippen LogP contribution in [0.25, 0.3) is 0 Å². The molecule has 1 fully saturated rings. The number of hydrogen-bond acceptors (Lipinski definition) is 6. The fourth-order valence-corrected chi connectivity index (χ4v) is 2.28. The number of halogens is 1. The van der Waals surface area contributed by atoms with E-state index in [0.29, 0.717) is 0 Å². The van der Waals surface area contributed by atoms with E-state index >= 15 is 0 Å². The number of carbonyl (C=O) groups is 1. The van der Waals surface area contributed by atoms with Crippen molar-refractivity contribution in [2.24, 2.45) is 9.98 Å². The van der Waals surface area contributed by atoms with E-state index in [1.165, 1.54) is 11.2 Å². The molecule has 0 aliphatic carbocycles. The lowest BCUT2D eigenvalue weighted by molar-refractivity contribution is -0.119. The summed E-state index contributed by atoms with van der Waals surface area (Å²) in [7, 11) is 0. The molecule has 3 rings (SSSR count). The largest absolute Gasteiger partial charge is 0.394 e. The first-order valence-electron chi connectivity index (χ1n) is 5.80. The molecule has 0 aromatic rings. The maximum atomic E-state index is 13.6. The van der Waals surface area contributed by atoms with Gasteiger partial charge >= 0.3 is 0 Å². The standard InChI is InChI=1S/C10H12FN5O3/c11-4-1-6(19-5(4)2-17)16-3-13-7-8(16)14-10(12)15-9(7)18/h3-7,17H,1-2H2,(H2,12,15,18)/t4-,5+,6+,7?/m0/s1. The summed E-state index contributed by atoms with van der Waals surface area (Å²) in [6.07, 6.45) is -1.41. The number of amidine groups is 1. The van der Waals surface area contributed by atoms with Gasteiger partial charge in [-0.3, -0.25) is 25.4 Å². The average molecular weight is 269 g/mol. The Morgan fingerprint density at radius 2 is 2.47 bits per heavy atom. The minimum Gasteiger partial charge on any atom is -0.394 e. The van der Waals surface area contributed by atoms with Crippen LogP contribution in [-0.2, 0) is 9.53 Å². The molecule has 0 bridgehead atoms. The van der Waals surface area contributed by atoms with Crippen molar-refractivity contribution >= 4 is 24.0 Å². The molecule has 3 aliphatic rings. The summed E-state index contributed by atoms with van der Waals surface area (Å²) in [6, 6.07) is -0.816. The van der Waals surface area contributed by atoms with Crippen molar-refractivity contribution in [1.29, 1.82) is 5.41 Å². The maximum Gasteiger partial charge on any atom is 0.259 e. The van der Waals surface area contributed by atoms with Gasteiger partial charge in [-0.1, -0.05) is 0 Å². The molecule has 19 heavy (non-hydrogen) atoms. The number of aliphatic hydroxyl groups excluding tert-OH is 1. The van der Waals surface area contributed by atoms with Crippen LogP contribution in [0.1, 0.15) is 6.42 Å². The predicted molar refractivity (Wildman–Crippen MR) is 62.7 cm³/mol. The minimum absolute atomic E-state index is 0.0535. The third kappa shape index (κ3) is 1.90. The Morgan fingerprint density at radius 1 is 1.68 bits per heavy atom. The third-order valence-electron chi connectivity index (χ3n) is 3.22. The van der Waals surface area contributed by atoms with Gasteiger partial charge in [0.05, 0.1) is 12.9 Å². The second kappa shape index (κ2) is 4.35. The quantitative estimate of drug-likeness (QED) is 0.573. The second-order valence-corrected chi connectivity index (χ2v) is 4.45. The number of carbonyl (C=O) groups excluding carboxylic acids is 1. The highest BCUT2D eigenvalue weighted by atomic mass is 19.1. The molecule has 9 heteroatoms. The molecule has 4 atom stereocenters. The van der Waals surface area contributed by atoms with Gasteiger partial charge in [0.15, 0.2) is 11.9 Å². The summed E-state index contributed by atoms with van der Waals surface area (Å²) in [5.74, 6) is -0.466. The van der Waals surface area contributed by atoms with Gasteiger partial charge in [0.25, 0.3) is 5.91 Å². The van der Waals surface area contributed by atoms with E-state index in [1.807, 2.05) is 0 Å². The zero-order chi connectivity index (χ0) is 13.6. The molecule has 0 aromatic carbocycles. The average Bonchev–Trinajstić information content (AvgIpc) is 2.92. The lowest BCUT2D eigenvalue weighted by atomic mass is 10.2. The molecular formula is C10H12FN5O3. The zero-order valence-corrected chi connectivity index (χ0v) is 9.78. The Bertz CT molecular complexity index is 494. The fourth-order valence-electron chi connectivity index (χ4n) is 2.28. The van der Waals surface area contributed by atoms with Crippen molar-refractivity contribution in [3.05, 3.63) is 0 Å². The van der Waals surface area contributed by atoms with E-state index in [0.717, 1.165) is 0 Å². The van der Waals surface area contributed by atoms with Gasteiger partial charge < -0.3 is 9.84 Å². The molecule has 0 saturated carbocycles. The number of fused-ring (bicyclic) bond motifs is 1. The van der Waals surface area contributed by atoms with E-state index in [-0.39, 0.29) is 18.2 Å². The summed E-state index contributed by atoms with van der Waals surface area (Å²) in [6.45, 7) is -0.408. The van der Waals surface area contributed by atoms with Gasteiger partial charge in [-0.05, 0) is 0 Å². The highest BCUT2D eigenvalue weighted by Crippen LogP contribution is 2.28. The van der Waals surface area contributed by atoms with Crippen LogP contribution in [-0.4, -0.2) is 65.2 Å². The molecule has 3 aliphatic heterocycles. The molecule has 1 amide bonds. The van der Waals surface area contributed by atoms with Gasteiger partial charge in [0, 0.05) is 6.42 Å².